The lowest BCUT2D eigenvalue weighted by Gasteiger charge is -2.16. The first-order valence-corrected chi connectivity index (χ1v) is 8.93. The van der Waals surface area contributed by atoms with Crippen molar-refractivity contribution in [2.24, 2.45) is 0 Å². The number of thiazole rings is 1. The Morgan fingerprint density at radius 2 is 2.05 bits per heavy atom. The van der Waals surface area contributed by atoms with Gasteiger partial charge in [-0.05, 0) is 18.1 Å². The molecule has 0 unspecified atom stereocenters. The first-order valence-electron chi connectivity index (χ1n) is 6.44. The summed E-state index contributed by atoms with van der Waals surface area (Å²) in [5.41, 5.74) is 2.14. The van der Waals surface area contributed by atoms with Crippen molar-refractivity contribution >= 4 is 21.4 Å². The molecule has 0 amide bonds. The Morgan fingerprint density at radius 1 is 1.33 bits per heavy atom. The number of nitrogens with zero attached hydrogens (tertiary/aromatic N) is 2. The maximum absolute atomic E-state index is 12.3. The van der Waals surface area contributed by atoms with E-state index in [0.717, 1.165) is 10.7 Å². The van der Waals surface area contributed by atoms with Gasteiger partial charge in [-0.15, -0.1) is 11.3 Å². The molecular formula is C14H18N2O3S2. The van der Waals surface area contributed by atoms with Gasteiger partial charge in [-0.2, -0.15) is 4.31 Å². The number of rotatable bonds is 6. The van der Waals surface area contributed by atoms with Crippen molar-refractivity contribution in [3.8, 4) is 0 Å². The molecule has 1 N–H and O–H groups in total. The predicted octanol–water partition coefficient (Wildman–Crippen LogP) is 1.91. The van der Waals surface area contributed by atoms with E-state index in [0.29, 0.717) is 11.1 Å². The molecule has 0 saturated heterocycles. The van der Waals surface area contributed by atoms with Crippen molar-refractivity contribution in [3.63, 3.8) is 0 Å². The lowest BCUT2D eigenvalue weighted by molar-refractivity contribution is 0.281. The van der Waals surface area contributed by atoms with Crippen molar-refractivity contribution in [3.05, 3.63) is 51.5 Å². The minimum atomic E-state index is -3.41. The lowest BCUT2D eigenvalue weighted by atomic mass is 10.1. The average Bonchev–Trinajstić information content (AvgIpc) is 2.83. The largest absolute Gasteiger partial charge is 0.392 e. The van der Waals surface area contributed by atoms with E-state index in [-0.39, 0.29) is 18.9 Å². The van der Waals surface area contributed by atoms with Crippen LogP contribution >= 0.6 is 11.3 Å². The Hall–Kier alpha value is -1.28. The summed E-state index contributed by atoms with van der Waals surface area (Å²) in [6.45, 7) is 2.07. The molecule has 0 bridgehead atoms. The highest BCUT2D eigenvalue weighted by atomic mass is 32.2. The van der Waals surface area contributed by atoms with E-state index in [1.807, 2.05) is 12.3 Å². The summed E-state index contributed by atoms with van der Waals surface area (Å²) in [5.74, 6) is -0.0829. The average molecular weight is 326 g/mol. The fourth-order valence-corrected chi connectivity index (χ4v) is 3.70. The zero-order valence-corrected chi connectivity index (χ0v) is 13.6. The number of benzene rings is 1. The van der Waals surface area contributed by atoms with Crippen molar-refractivity contribution in [2.45, 2.75) is 25.8 Å². The fourth-order valence-electron chi connectivity index (χ4n) is 1.95. The van der Waals surface area contributed by atoms with Crippen LogP contribution in [0.2, 0.25) is 0 Å². The van der Waals surface area contributed by atoms with E-state index >= 15 is 0 Å². The smallest absolute Gasteiger partial charge is 0.218 e. The van der Waals surface area contributed by atoms with Crippen LogP contribution < -0.4 is 0 Å². The van der Waals surface area contributed by atoms with E-state index in [1.165, 1.54) is 15.6 Å². The van der Waals surface area contributed by atoms with Crippen LogP contribution in [0.3, 0.4) is 0 Å². The van der Waals surface area contributed by atoms with Crippen molar-refractivity contribution in [2.75, 3.05) is 7.05 Å². The molecule has 1 aromatic heterocycles. The molecule has 0 atom stereocenters. The molecule has 2 aromatic rings. The standard InChI is InChI=1S/C14H18N2O3S2/c1-11-15-14(9-20-11)7-16(2)21(18,19)10-13-5-3-4-12(6-13)8-17/h3-6,9,17H,7-8,10H2,1-2H3. The molecule has 21 heavy (non-hydrogen) atoms. The molecule has 0 saturated carbocycles. The number of sulfonamides is 1. The minimum Gasteiger partial charge on any atom is -0.392 e. The lowest BCUT2D eigenvalue weighted by Crippen LogP contribution is -2.28. The normalized spacial score (nSPS) is 12.0. The van der Waals surface area contributed by atoms with Crippen molar-refractivity contribution in [1.82, 2.24) is 9.29 Å². The summed E-state index contributed by atoms with van der Waals surface area (Å²) in [5, 5.41) is 11.9. The molecule has 0 spiro atoms. The molecule has 1 aromatic carbocycles. The Labute approximate surface area is 128 Å². The summed E-state index contributed by atoms with van der Waals surface area (Å²) < 4.78 is 26.0. The Bertz CT molecular complexity index is 711. The molecule has 2 rings (SSSR count). The third-order valence-corrected chi connectivity index (χ3v) is 5.65. The van der Waals surface area contributed by atoms with Crippen LogP contribution in [0, 0.1) is 6.92 Å². The second-order valence-corrected chi connectivity index (χ2v) is 7.99. The Kier molecular flexibility index (Phi) is 5.10. The van der Waals surface area contributed by atoms with Crippen LogP contribution in [0.25, 0.3) is 0 Å². The van der Waals surface area contributed by atoms with Crippen LogP contribution in [0.1, 0.15) is 21.8 Å². The predicted molar refractivity (Wildman–Crippen MR) is 83.3 cm³/mol. The van der Waals surface area contributed by atoms with Crippen LogP contribution in [0.15, 0.2) is 29.6 Å². The highest BCUT2D eigenvalue weighted by molar-refractivity contribution is 7.88. The van der Waals surface area contributed by atoms with Gasteiger partial charge in [-0.3, -0.25) is 0 Å². The zero-order chi connectivity index (χ0) is 15.5. The van der Waals surface area contributed by atoms with Gasteiger partial charge in [0, 0.05) is 12.4 Å². The highest BCUT2D eigenvalue weighted by Crippen LogP contribution is 2.15. The summed E-state index contributed by atoms with van der Waals surface area (Å²) >= 11 is 1.51. The summed E-state index contributed by atoms with van der Waals surface area (Å²) in [4.78, 5) is 4.28. The molecule has 0 radical (unpaired) electrons. The molecule has 0 fully saturated rings. The molecule has 0 aliphatic carbocycles. The Balaban J connectivity index is 2.09. The van der Waals surface area contributed by atoms with Crippen LogP contribution in [0.5, 0.6) is 0 Å². The van der Waals surface area contributed by atoms with E-state index in [4.69, 9.17) is 5.11 Å². The number of aliphatic hydroxyl groups is 1. The van der Waals surface area contributed by atoms with Gasteiger partial charge in [0.2, 0.25) is 10.0 Å². The summed E-state index contributed by atoms with van der Waals surface area (Å²) in [6, 6.07) is 6.97. The number of aliphatic hydroxyl groups excluding tert-OH is 1. The third kappa shape index (κ3) is 4.34. The van der Waals surface area contributed by atoms with Gasteiger partial charge in [0.05, 0.1) is 29.6 Å². The number of hydrogen-bond acceptors (Lipinski definition) is 5. The monoisotopic (exact) mass is 326 g/mol. The van der Waals surface area contributed by atoms with Crippen LogP contribution in [-0.4, -0.2) is 29.9 Å². The first kappa shape index (κ1) is 16.1. The van der Waals surface area contributed by atoms with E-state index in [1.54, 1.807) is 31.3 Å². The molecule has 7 heteroatoms. The molecule has 0 aliphatic rings. The van der Waals surface area contributed by atoms with Gasteiger partial charge in [-0.25, -0.2) is 13.4 Å². The molecule has 0 aliphatic heterocycles. The topological polar surface area (TPSA) is 70.5 Å². The fraction of sp³-hybridized carbons (Fsp3) is 0.357. The second-order valence-electron chi connectivity index (χ2n) is 4.85. The summed E-state index contributed by atoms with van der Waals surface area (Å²) in [7, 11) is -1.86. The molecule has 114 valence electrons. The van der Waals surface area contributed by atoms with Gasteiger partial charge in [-0.1, -0.05) is 24.3 Å². The van der Waals surface area contributed by atoms with Gasteiger partial charge in [0.1, 0.15) is 0 Å². The zero-order valence-electron chi connectivity index (χ0n) is 12.0. The van der Waals surface area contributed by atoms with Crippen LogP contribution in [0.4, 0.5) is 0 Å². The quantitative estimate of drug-likeness (QED) is 0.880. The number of aromatic nitrogens is 1. The maximum atomic E-state index is 12.3. The van der Waals surface area contributed by atoms with Gasteiger partial charge >= 0.3 is 0 Å². The van der Waals surface area contributed by atoms with E-state index in [2.05, 4.69) is 4.98 Å². The van der Waals surface area contributed by atoms with Gasteiger partial charge < -0.3 is 5.11 Å². The Morgan fingerprint density at radius 3 is 2.67 bits per heavy atom. The van der Waals surface area contributed by atoms with Crippen molar-refractivity contribution in [1.29, 1.82) is 0 Å². The molecular weight excluding hydrogens is 308 g/mol. The number of hydrogen-bond donors (Lipinski definition) is 1. The first-order chi connectivity index (χ1) is 9.90. The van der Waals surface area contributed by atoms with Gasteiger partial charge in [0.15, 0.2) is 0 Å². The SMILES string of the molecule is Cc1nc(CN(C)S(=O)(=O)Cc2cccc(CO)c2)cs1. The summed E-state index contributed by atoms with van der Waals surface area (Å²) in [6.07, 6.45) is 0. The number of aryl methyl sites for hydroxylation is 1. The maximum Gasteiger partial charge on any atom is 0.218 e. The molecule has 1 heterocycles. The highest BCUT2D eigenvalue weighted by Gasteiger charge is 2.19. The van der Waals surface area contributed by atoms with E-state index < -0.39 is 10.0 Å². The third-order valence-electron chi connectivity index (χ3n) is 3.05. The van der Waals surface area contributed by atoms with Crippen molar-refractivity contribution < 1.29 is 13.5 Å². The van der Waals surface area contributed by atoms with E-state index in [9.17, 15) is 8.42 Å². The van der Waals surface area contributed by atoms with Crippen LogP contribution in [-0.2, 0) is 28.9 Å². The minimum absolute atomic E-state index is 0.0829. The molecule has 5 nitrogen and oxygen atoms in total. The second kappa shape index (κ2) is 6.65. The van der Waals surface area contributed by atoms with Gasteiger partial charge in [0.25, 0.3) is 0 Å².